The highest BCUT2D eigenvalue weighted by atomic mass is 19.1. The summed E-state index contributed by atoms with van der Waals surface area (Å²) in [6.45, 7) is 6.97. The van der Waals surface area contributed by atoms with Crippen LogP contribution in [-0.4, -0.2) is 101 Å². The van der Waals surface area contributed by atoms with Crippen molar-refractivity contribution in [1.82, 2.24) is 15.1 Å². The number of aliphatic hydroxyl groups is 7. The maximum Gasteiger partial charge on any atom is 0.354 e. The van der Waals surface area contributed by atoms with Gasteiger partial charge in [-0.1, -0.05) is 6.07 Å². The van der Waals surface area contributed by atoms with Crippen LogP contribution in [0.15, 0.2) is 36.4 Å². The zero-order valence-corrected chi connectivity index (χ0v) is 25.8. The number of amides is 2. The van der Waals surface area contributed by atoms with Gasteiger partial charge in [0.1, 0.15) is 17.9 Å². The fourth-order valence-corrected chi connectivity index (χ4v) is 6.11. The number of carbonyl (C=O) groups excluding carboxylic acids is 3. The Morgan fingerprint density at radius 2 is 1.67 bits per heavy atom. The van der Waals surface area contributed by atoms with Gasteiger partial charge in [0.05, 0.1) is 27.9 Å². The zero-order chi connectivity index (χ0) is 34.7. The number of morpholine rings is 1. The molecule has 0 aromatic heterocycles. The number of carbonyl (C=O) groups is 3. The summed E-state index contributed by atoms with van der Waals surface area (Å²) < 4.78 is 26.3. The summed E-state index contributed by atoms with van der Waals surface area (Å²) in [7, 11) is 1.09. The molecule has 252 valence electrons. The van der Waals surface area contributed by atoms with E-state index in [1.54, 1.807) is 27.7 Å². The number of ether oxygens (including phenoxy) is 2. The van der Waals surface area contributed by atoms with Crippen molar-refractivity contribution >= 4 is 18.1 Å². The molecule has 2 aromatic carbocycles. The lowest BCUT2D eigenvalue weighted by atomic mass is 9.96. The van der Waals surface area contributed by atoms with Crippen molar-refractivity contribution in [3.63, 3.8) is 0 Å². The molecule has 2 aliphatic heterocycles. The second-order valence-electron chi connectivity index (χ2n) is 12.6. The Morgan fingerprint density at radius 1 is 1.07 bits per heavy atom. The number of nitrogens with zero attached hydrogens (tertiary/aromatic N) is 2. The molecule has 0 aliphatic carbocycles. The summed E-state index contributed by atoms with van der Waals surface area (Å²) in [6, 6.07) is 5.61. The average molecular weight is 652 g/mol. The minimum Gasteiger partial charge on any atom is -0.435 e. The molecular formula is C30H38FN3O12. The van der Waals surface area contributed by atoms with E-state index in [1.807, 2.05) is 0 Å². The molecule has 0 saturated carbocycles. The van der Waals surface area contributed by atoms with Crippen molar-refractivity contribution < 1.29 is 64.0 Å². The van der Waals surface area contributed by atoms with Crippen LogP contribution in [0.5, 0.6) is 5.75 Å². The fourth-order valence-electron chi connectivity index (χ4n) is 6.11. The van der Waals surface area contributed by atoms with E-state index in [1.165, 1.54) is 4.90 Å². The Kier molecular flexibility index (Phi) is 8.89. The number of likely N-dealkylation sites (N-methyl/N-ethyl adjacent to an activating group) is 1. The number of benzene rings is 2. The Hall–Kier alpha value is -3.58. The number of halogens is 1. The minimum absolute atomic E-state index is 0.00527. The van der Waals surface area contributed by atoms with Crippen molar-refractivity contribution in [1.29, 1.82) is 0 Å². The minimum atomic E-state index is -3.64. The summed E-state index contributed by atoms with van der Waals surface area (Å²) in [5.74, 6) is -14.6. The van der Waals surface area contributed by atoms with Crippen LogP contribution in [0.4, 0.5) is 4.39 Å². The largest absolute Gasteiger partial charge is 0.435 e. The van der Waals surface area contributed by atoms with Crippen LogP contribution >= 0.6 is 0 Å². The van der Waals surface area contributed by atoms with Crippen molar-refractivity contribution in [2.75, 3.05) is 20.1 Å². The second-order valence-corrected chi connectivity index (χ2v) is 12.6. The molecule has 1 unspecified atom stereocenters. The van der Waals surface area contributed by atoms with Gasteiger partial charge in [-0.2, -0.15) is 0 Å². The van der Waals surface area contributed by atoms with E-state index >= 15 is 4.39 Å². The number of hydrogen-bond donors (Lipinski definition) is 8. The quantitative estimate of drug-likeness (QED) is 0.113. The van der Waals surface area contributed by atoms with Gasteiger partial charge in [-0.3, -0.25) is 9.59 Å². The summed E-state index contributed by atoms with van der Waals surface area (Å²) >= 11 is 0. The maximum atomic E-state index is 15.1. The zero-order valence-electron chi connectivity index (χ0n) is 25.8. The van der Waals surface area contributed by atoms with Crippen LogP contribution in [0.2, 0.25) is 0 Å². The van der Waals surface area contributed by atoms with E-state index < -0.39 is 93.2 Å². The number of aldehydes is 1. The van der Waals surface area contributed by atoms with Gasteiger partial charge in [0.25, 0.3) is 23.6 Å². The molecule has 1 saturated heterocycles. The molecule has 2 aromatic rings. The molecule has 16 heteroatoms. The van der Waals surface area contributed by atoms with Crippen LogP contribution in [0, 0.1) is 5.82 Å². The van der Waals surface area contributed by atoms with Gasteiger partial charge in [-0.05, 0) is 58.0 Å². The smallest absolute Gasteiger partial charge is 0.354 e. The third kappa shape index (κ3) is 6.11. The highest BCUT2D eigenvalue weighted by molar-refractivity contribution is 6.03. The molecule has 4 rings (SSSR count). The van der Waals surface area contributed by atoms with Gasteiger partial charge in [0.2, 0.25) is 5.72 Å². The van der Waals surface area contributed by atoms with Gasteiger partial charge in [0.15, 0.2) is 0 Å². The molecular weight excluding hydrogens is 613 g/mol. The number of nitrogens with one attached hydrogen (secondary N) is 1. The molecule has 46 heavy (non-hydrogen) atoms. The third-order valence-corrected chi connectivity index (χ3v) is 7.77. The molecule has 2 heterocycles. The molecule has 1 fully saturated rings. The van der Waals surface area contributed by atoms with Gasteiger partial charge in [-0.25, -0.2) is 14.2 Å². The number of rotatable bonds is 10. The standard InChI is InChI=1S/C30H38FN3O12/c1-25(2)15-33(16-26(3,4)46-25)28(39,40)17-10-11-20(31)19(14-17)30(43,44)45-21-9-6-8-18-22(21)29(41,42)34(23(18)36)27(38,12-7-13-35)24(37)32-5/h6,8-11,13-14,38-44H,7,12,15-16H2,1-5H3,(H,32,37). The second kappa shape index (κ2) is 11.6. The van der Waals surface area contributed by atoms with Crippen LogP contribution in [0.1, 0.15) is 67.6 Å². The molecule has 2 amide bonds. The summed E-state index contributed by atoms with van der Waals surface area (Å²) in [5, 5.41) is 80.0. The fraction of sp³-hybridized carbons (Fsp3) is 0.500. The molecule has 8 N–H and O–H groups in total. The van der Waals surface area contributed by atoms with E-state index in [0.29, 0.717) is 6.29 Å². The Bertz CT molecular complexity index is 1530. The first-order chi connectivity index (χ1) is 21.0. The van der Waals surface area contributed by atoms with Gasteiger partial charge in [0, 0.05) is 38.5 Å². The Labute approximate surface area is 263 Å². The van der Waals surface area contributed by atoms with Gasteiger partial charge < -0.3 is 55.3 Å². The lowest BCUT2D eigenvalue weighted by Gasteiger charge is -2.50. The topological polar surface area (TPSA) is 230 Å². The predicted molar refractivity (Wildman–Crippen MR) is 153 cm³/mol. The molecule has 0 radical (unpaired) electrons. The van der Waals surface area contributed by atoms with Crippen LogP contribution in [0.3, 0.4) is 0 Å². The van der Waals surface area contributed by atoms with E-state index in [2.05, 4.69) is 5.32 Å². The van der Waals surface area contributed by atoms with Crippen molar-refractivity contribution in [3.8, 4) is 5.75 Å². The van der Waals surface area contributed by atoms with Crippen LogP contribution < -0.4 is 10.1 Å². The predicted octanol–water partition coefficient (Wildman–Crippen LogP) is -1.05. The number of hydrogen-bond acceptors (Lipinski definition) is 13. The first-order valence-corrected chi connectivity index (χ1v) is 14.2. The monoisotopic (exact) mass is 651 g/mol. The van der Waals surface area contributed by atoms with Gasteiger partial charge >= 0.3 is 5.97 Å². The maximum absolute atomic E-state index is 15.1. The Balaban J connectivity index is 1.75. The van der Waals surface area contributed by atoms with Crippen LogP contribution in [-0.2, 0) is 32.1 Å². The third-order valence-electron chi connectivity index (χ3n) is 7.77. The van der Waals surface area contributed by atoms with E-state index in [9.17, 15) is 50.1 Å². The van der Waals surface area contributed by atoms with E-state index in [-0.39, 0.29) is 18.0 Å². The highest BCUT2D eigenvalue weighted by Crippen LogP contribution is 2.46. The van der Waals surface area contributed by atoms with E-state index in [0.717, 1.165) is 43.4 Å². The average Bonchev–Trinajstić information content (AvgIpc) is 3.14. The Morgan fingerprint density at radius 3 is 2.24 bits per heavy atom. The van der Waals surface area contributed by atoms with Crippen LogP contribution in [0.25, 0.3) is 0 Å². The summed E-state index contributed by atoms with van der Waals surface area (Å²) in [6.07, 6.45) is -0.903. The van der Waals surface area contributed by atoms with Crippen molar-refractivity contribution in [3.05, 3.63) is 64.5 Å². The molecule has 0 bridgehead atoms. The highest BCUT2D eigenvalue weighted by Gasteiger charge is 2.61. The number of fused-ring (bicyclic) bond motifs is 1. The molecule has 15 nitrogen and oxygen atoms in total. The lowest BCUT2D eigenvalue weighted by molar-refractivity contribution is -0.323. The first-order valence-electron chi connectivity index (χ1n) is 14.2. The van der Waals surface area contributed by atoms with E-state index in [4.69, 9.17) is 9.47 Å². The van der Waals surface area contributed by atoms with Gasteiger partial charge in [-0.15, -0.1) is 0 Å². The first kappa shape index (κ1) is 35.3. The SMILES string of the molecule is CNC(=O)C(O)(CCC=O)N1C(=O)c2cccc(OC(O)(O)c3cc(C(O)(O)N4CC(C)(C)OC(C)(C)C4)ccc3F)c2C1(O)O. The molecule has 2 aliphatic rings. The normalized spacial score (nSPS) is 20.5. The molecule has 1 atom stereocenters. The summed E-state index contributed by atoms with van der Waals surface area (Å²) in [4.78, 5) is 38.3. The summed E-state index contributed by atoms with van der Waals surface area (Å²) in [5.41, 5.74) is -7.47. The molecule has 0 spiro atoms. The van der Waals surface area contributed by atoms with Crippen molar-refractivity contribution in [2.45, 2.75) is 75.3 Å². The van der Waals surface area contributed by atoms with Crippen molar-refractivity contribution in [2.24, 2.45) is 0 Å². The lowest BCUT2D eigenvalue weighted by Crippen LogP contribution is -2.64.